The number of ether oxygens (including phenoxy) is 3. The van der Waals surface area contributed by atoms with Gasteiger partial charge in [0.05, 0.1) is 13.2 Å². The molecule has 1 N–H and O–H groups in total. The topological polar surface area (TPSA) is 72.5 Å². The number of likely N-dealkylation sites (tertiary alicyclic amines) is 1. The maximum atomic E-state index is 5.71. The zero-order valence-electron chi connectivity index (χ0n) is 14.0. The van der Waals surface area contributed by atoms with Gasteiger partial charge in [-0.2, -0.15) is 5.10 Å². The number of hydrogen-bond acceptors (Lipinski definition) is 6. The minimum atomic E-state index is 0.243. The number of nitrogens with one attached hydrogen (secondary N) is 1. The van der Waals surface area contributed by atoms with Crippen LogP contribution in [0.25, 0.3) is 0 Å². The lowest BCUT2D eigenvalue weighted by atomic mass is 10.1. The first-order chi connectivity index (χ1) is 11.7. The van der Waals surface area contributed by atoms with Crippen molar-refractivity contribution in [3.63, 3.8) is 0 Å². The summed E-state index contributed by atoms with van der Waals surface area (Å²) in [4.78, 5) is 6.91. The van der Waals surface area contributed by atoms with Crippen molar-refractivity contribution in [2.45, 2.75) is 32.4 Å². The second kappa shape index (κ2) is 6.32. The van der Waals surface area contributed by atoms with Crippen LogP contribution in [0.1, 0.15) is 36.1 Å². The van der Waals surface area contributed by atoms with Gasteiger partial charge in [-0.25, -0.2) is 4.98 Å². The van der Waals surface area contributed by atoms with E-state index in [2.05, 4.69) is 20.1 Å². The van der Waals surface area contributed by atoms with Crippen molar-refractivity contribution in [2.75, 3.05) is 26.9 Å². The fourth-order valence-corrected chi connectivity index (χ4v) is 3.46. The number of methoxy groups -OCH3 is 1. The third kappa shape index (κ3) is 2.80. The van der Waals surface area contributed by atoms with E-state index >= 15 is 0 Å². The van der Waals surface area contributed by atoms with E-state index in [-0.39, 0.29) is 6.04 Å². The van der Waals surface area contributed by atoms with Gasteiger partial charge in [0, 0.05) is 18.2 Å². The van der Waals surface area contributed by atoms with E-state index < -0.39 is 0 Å². The Labute approximate surface area is 140 Å². The Morgan fingerprint density at radius 2 is 2.08 bits per heavy atom. The summed E-state index contributed by atoms with van der Waals surface area (Å²) in [6.45, 7) is 4.89. The predicted molar refractivity (Wildman–Crippen MR) is 87.5 cm³/mol. The average molecular weight is 330 g/mol. The number of fused-ring (bicyclic) bond motifs is 1. The number of aromatic nitrogens is 3. The lowest BCUT2D eigenvalue weighted by Gasteiger charge is -2.25. The van der Waals surface area contributed by atoms with Gasteiger partial charge < -0.3 is 14.2 Å². The lowest BCUT2D eigenvalue weighted by molar-refractivity contribution is 0.169. The summed E-state index contributed by atoms with van der Waals surface area (Å²) < 4.78 is 16.9. The van der Waals surface area contributed by atoms with E-state index in [1.807, 2.05) is 19.1 Å². The molecule has 24 heavy (non-hydrogen) atoms. The molecule has 0 radical (unpaired) electrons. The van der Waals surface area contributed by atoms with E-state index in [0.29, 0.717) is 13.2 Å². The number of benzene rings is 1. The number of H-pyrrole nitrogens is 1. The Balaban J connectivity index is 1.59. The van der Waals surface area contributed by atoms with Gasteiger partial charge in [0.15, 0.2) is 17.3 Å². The third-order valence-corrected chi connectivity index (χ3v) is 4.59. The molecule has 7 heteroatoms. The lowest BCUT2D eigenvalue weighted by Crippen LogP contribution is -2.24. The minimum absolute atomic E-state index is 0.243. The van der Waals surface area contributed by atoms with Crippen LogP contribution in [0.4, 0.5) is 0 Å². The molecule has 1 fully saturated rings. The Bertz CT molecular complexity index is 731. The maximum Gasteiger partial charge on any atom is 0.167 e. The molecule has 1 aromatic heterocycles. The van der Waals surface area contributed by atoms with Gasteiger partial charge >= 0.3 is 0 Å². The molecule has 2 aliphatic rings. The van der Waals surface area contributed by atoms with Crippen molar-refractivity contribution in [3.8, 4) is 17.2 Å². The molecule has 1 atom stereocenters. The van der Waals surface area contributed by atoms with Crippen LogP contribution in [0.5, 0.6) is 17.2 Å². The molecule has 0 saturated carbocycles. The average Bonchev–Trinajstić information content (AvgIpc) is 3.23. The second-order valence-corrected chi connectivity index (χ2v) is 6.22. The van der Waals surface area contributed by atoms with Crippen molar-refractivity contribution in [1.29, 1.82) is 0 Å². The first-order valence-corrected chi connectivity index (χ1v) is 8.34. The number of aryl methyl sites for hydroxylation is 1. The highest BCUT2D eigenvalue weighted by Crippen LogP contribution is 2.39. The van der Waals surface area contributed by atoms with Crippen molar-refractivity contribution in [2.24, 2.45) is 0 Å². The molecule has 0 unspecified atom stereocenters. The summed E-state index contributed by atoms with van der Waals surface area (Å²) in [5, 5.41) is 7.29. The summed E-state index contributed by atoms with van der Waals surface area (Å²) in [6, 6.07) is 4.20. The Morgan fingerprint density at radius 3 is 2.79 bits per heavy atom. The van der Waals surface area contributed by atoms with Gasteiger partial charge in [-0.15, -0.1) is 0 Å². The van der Waals surface area contributed by atoms with Crippen LogP contribution in [-0.2, 0) is 6.54 Å². The highest BCUT2D eigenvalue weighted by atomic mass is 16.6. The highest BCUT2D eigenvalue weighted by molar-refractivity contribution is 5.51. The van der Waals surface area contributed by atoms with Crippen molar-refractivity contribution in [1.82, 2.24) is 20.1 Å². The molecule has 128 valence electrons. The van der Waals surface area contributed by atoms with Gasteiger partial charge in [0.1, 0.15) is 24.8 Å². The Hall–Kier alpha value is -2.28. The molecule has 0 spiro atoms. The summed E-state index contributed by atoms with van der Waals surface area (Å²) in [7, 11) is 1.69. The van der Waals surface area contributed by atoms with E-state index in [4.69, 9.17) is 14.2 Å². The van der Waals surface area contributed by atoms with Crippen LogP contribution in [0, 0.1) is 6.92 Å². The van der Waals surface area contributed by atoms with Crippen LogP contribution in [0.2, 0.25) is 0 Å². The second-order valence-electron chi connectivity index (χ2n) is 6.22. The third-order valence-electron chi connectivity index (χ3n) is 4.59. The zero-order chi connectivity index (χ0) is 16.5. The summed E-state index contributed by atoms with van der Waals surface area (Å²) >= 11 is 0. The van der Waals surface area contributed by atoms with Crippen LogP contribution in [0.3, 0.4) is 0 Å². The molecule has 0 bridgehead atoms. The van der Waals surface area contributed by atoms with Crippen molar-refractivity contribution < 1.29 is 14.2 Å². The SMILES string of the molecule is COc1cc2c(cc1CN1CCC[C@@H]1c1n[nH]c(C)n1)OCCO2. The molecule has 2 aromatic rings. The zero-order valence-corrected chi connectivity index (χ0v) is 14.0. The molecule has 2 aliphatic heterocycles. The Morgan fingerprint density at radius 1 is 1.29 bits per heavy atom. The smallest absolute Gasteiger partial charge is 0.167 e. The molecular formula is C17H22N4O3. The number of nitrogens with zero attached hydrogens (tertiary/aromatic N) is 3. The van der Waals surface area contributed by atoms with Gasteiger partial charge in [-0.3, -0.25) is 10.00 Å². The number of rotatable bonds is 4. The molecule has 0 aliphatic carbocycles. The van der Waals surface area contributed by atoms with Gasteiger partial charge in [-0.05, 0) is 32.4 Å². The molecule has 1 aromatic carbocycles. The fourth-order valence-electron chi connectivity index (χ4n) is 3.46. The highest BCUT2D eigenvalue weighted by Gasteiger charge is 2.30. The monoisotopic (exact) mass is 330 g/mol. The van der Waals surface area contributed by atoms with Gasteiger partial charge in [0.25, 0.3) is 0 Å². The Kier molecular flexibility index (Phi) is 4.02. The van der Waals surface area contributed by atoms with Crippen LogP contribution in [-0.4, -0.2) is 46.9 Å². The summed E-state index contributed by atoms with van der Waals surface area (Å²) in [5.74, 6) is 4.11. The standard InChI is InChI=1S/C17H22N4O3/c1-11-18-17(20-19-11)13-4-3-5-21(13)10-12-8-15-16(9-14(12)22-2)24-7-6-23-15/h8-9,13H,3-7,10H2,1-2H3,(H,18,19,20)/t13-/m1/s1. The fraction of sp³-hybridized carbons (Fsp3) is 0.529. The molecule has 7 nitrogen and oxygen atoms in total. The molecule has 3 heterocycles. The normalized spacial score (nSPS) is 20.3. The van der Waals surface area contributed by atoms with Gasteiger partial charge in [0.2, 0.25) is 0 Å². The minimum Gasteiger partial charge on any atom is -0.496 e. The van der Waals surface area contributed by atoms with Crippen LogP contribution in [0.15, 0.2) is 12.1 Å². The predicted octanol–water partition coefficient (Wildman–Crippen LogP) is 2.23. The quantitative estimate of drug-likeness (QED) is 0.927. The van der Waals surface area contributed by atoms with Crippen LogP contribution >= 0.6 is 0 Å². The summed E-state index contributed by atoms with van der Waals surface area (Å²) in [6.07, 6.45) is 2.22. The van der Waals surface area contributed by atoms with Crippen molar-refractivity contribution >= 4 is 0 Å². The largest absolute Gasteiger partial charge is 0.496 e. The van der Waals surface area contributed by atoms with Crippen molar-refractivity contribution in [3.05, 3.63) is 29.3 Å². The van der Waals surface area contributed by atoms with E-state index in [9.17, 15) is 0 Å². The first kappa shape index (κ1) is 15.3. The van der Waals surface area contributed by atoms with Gasteiger partial charge in [-0.1, -0.05) is 0 Å². The van der Waals surface area contributed by atoms with E-state index in [1.54, 1.807) is 7.11 Å². The maximum absolute atomic E-state index is 5.71. The molecule has 4 rings (SSSR count). The summed E-state index contributed by atoms with van der Waals surface area (Å²) in [5.41, 5.74) is 1.10. The first-order valence-electron chi connectivity index (χ1n) is 8.34. The number of aromatic amines is 1. The van der Waals surface area contributed by atoms with Crippen LogP contribution < -0.4 is 14.2 Å². The molecular weight excluding hydrogens is 308 g/mol. The van der Waals surface area contributed by atoms with E-state index in [1.165, 1.54) is 0 Å². The molecule has 1 saturated heterocycles. The molecule has 0 amide bonds. The van der Waals surface area contributed by atoms with E-state index in [0.717, 1.165) is 60.4 Å². The number of hydrogen-bond donors (Lipinski definition) is 1.